The Labute approximate surface area is 108 Å². The third-order valence-electron chi connectivity index (χ3n) is 2.59. The Morgan fingerprint density at radius 1 is 1.17 bits per heavy atom. The van der Waals surface area contributed by atoms with Gasteiger partial charge in [0, 0.05) is 22.9 Å². The van der Waals surface area contributed by atoms with E-state index >= 15 is 0 Å². The molecule has 94 valence electrons. The summed E-state index contributed by atoms with van der Waals surface area (Å²) in [5.74, 6) is -1.64. The Hall–Kier alpha value is -1.55. The lowest BCUT2D eigenvalue weighted by Gasteiger charge is -2.01. The number of carbonyl (C=O) groups is 1. The van der Waals surface area contributed by atoms with E-state index in [4.69, 9.17) is 0 Å². The SMILES string of the molecule is O=C(CCCc1cccs1)c1cc(F)cc(F)c1. The smallest absolute Gasteiger partial charge is 0.163 e. The van der Waals surface area contributed by atoms with Gasteiger partial charge < -0.3 is 0 Å². The summed E-state index contributed by atoms with van der Waals surface area (Å²) < 4.78 is 25.9. The van der Waals surface area contributed by atoms with Crippen LogP contribution in [0.4, 0.5) is 8.78 Å². The third-order valence-corrected chi connectivity index (χ3v) is 3.53. The van der Waals surface area contributed by atoms with E-state index in [1.54, 1.807) is 11.3 Å². The molecular formula is C14H12F2OS. The molecule has 0 spiro atoms. The summed E-state index contributed by atoms with van der Waals surface area (Å²) >= 11 is 1.64. The van der Waals surface area contributed by atoms with Crippen LogP contribution in [-0.4, -0.2) is 5.78 Å². The molecule has 0 aliphatic rings. The average Bonchev–Trinajstić information content (AvgIpc) is 2.80. The molecule has 0 amide bonds. The van der Waals surface area contributed by atoms with Crippen molar-refractivity contribution in [2.75, 3.05) is 0 Å². The van der Waals surface area contributed by atoms with Crippen molar-refractivity contribution in [3.05, 3.63) is 57.8 Å². The number of rotatable bonds is 5. The number of hydrogen-bond donors (Lipinski definition) is 0. The summed E-state index contributed by atoms with van der Waals surface area (Å²) in [4.78, 5) is 13.0. The van der Waals surface area contributed by atoms with Crippen LogP contribution in [0, 0.1) is 11.6 Å². The van der Waals surface area contributed by atoms with Crippen LogP contribution in [0.25, 0.3) is 0 Å². The second-order valence-electron chi connectivity index (χ2n) is 4.01. The molecule has 0 fully saturated rings. The van der Waals surface area contributed by atoms with Crippen LogP contribution in [0.15, 0.2) is 35.7 Å². The zero-order valence-electron chi connectivity index (χ0n) is 9.66. The van der Waals surface area contributed by atoms with Gasteiger partial charge in [-0.2, -0.15) is 0 Å². The summed E-state index contributed by atoms with van der Waals surface area (Å²) in [6.45, 7) is 0. The Bertz CT molecular complexity index is 514. The molecule has 2 rings (SSSR count). The molecule has 1 aromatic carbocycles. The highest BCUT2D eigenvalue weighted by Crippen LogP contribution is 2.15. The van der Waals surface area contributed by atoms with E-state index in [1.165, 1.54) is 4.88 Å². The number of hydrogen-bond acceptors (Lipinski definition) is 2. The first-order valence-electron chi connectivity index (χ1n) is 5.67. The summed E-state index contributed by atoms with van der Waals surface area (Å²) in [5, 5.41) is 1.99. The van der Waals surface area contributed by atoms with Crippen LogP contribution in [0.3, 0.4) is 0 Å². The summed E-state index contributed by atoms with van der Waals surface area (Å²) in [5.41, 5.74) is 0.110. The molecule has 0 saturated carbocycles. The first kappa shape index (κ1) is 12.9. The van der Waals surface area contributed by atoms with Gasteiger partial charge in [-0.15, -0.1) is 11.3 Å². The molecule has 2 aromatic rings. The molecule has 0 N–H and O–H groups in total. The molecule has 0 radical (unpaired) electrons. The number of ketones is 1. The van der Waals surface area contributed by atoms with Crippen molar-refractivity contribution < 1.29 is 13.6 Å². The highest BCUT2D eigenvalue weighted by atomic mass is 32.1. The second kappa shape index (κ2) is 5.87. The molecule has 0 atom stereocenters. The standard InChI is InChI=1S/C14H12F2OS/c15-11-7-10(8-12(16)9-11)14(17)5-1-3-13-4-2-6-18-13/h2,4,6-9H,1,3,5H2. The maximum absolute atomic E-state index is 12.9. The van der Waals surface area contributed by atoms with Gasteiger partial charge in [-0.25, -0.2) is 8.78 Å². The molecule has 1 aromatic heterocycles. The van der Waals surface area contributed by atoms with Crippen molar-refractivity contribution >= 4 is 17.1 Å². The second-order valence-corrected chi connectivity index (χ2v) is 5.05. The van der Waals surface area contributed by atoms with Gasteiger partial charge in [0.15, 0.2) is 5.78 Å². The van der Waals surface area contributed by atoms with Crippen LogP contribution < -0.4 is 0 Å². The molecule has 4 heteroatoms. The van der Waals surface area contributed by atoms with Crippen molar-refractivity contribution in [2.24, 2.45) is 0 Å². The fourth-order valence-electron chi connectivity index (χ4n) is 1.74. The van der Waals surface area contributed by atoms with Crippen LogP contribution >= 0.6 is 11.3 Å². The largest absolute Gasteiger partial charge is 0.294 e. The molecule has 0 aliphatic carbocycles. The number of halogens is 2. The lowest BCUT2D eigenvalue weighted by Crippen LogP contribution is -2.01. The van der Waals surface area contributed by atoms with Crippen LogP contribution in [0.5, 0.6) is 0 Å². The summed E-state index contributed by atoms with van der Waals surface area (Å²) in [7, 11) is 0. The van der Waals surface area contributed by atoms with Gasteiger partial charge in [0.1, 0.15) is 11.6 Å². The van der Waals surface area contributed by atoms with Crippen molar-refractivity contribution in [1.29, 1.82) is 0 Å². The zero-order chi connectivity index (χ0) is 13.0. The lowest BCUT2D eigenvalue weighted by atomic mass is 10.0. The Morgan fingerprint density at radius 3 is 2.50 bits per heavy atom. The Balaban J connectivity index is 1.91. The van der Waals surface area contributed by atoms with E-state index in [2.05, 4.69) is 0 Å². The minimum absolute atomic E-state index is 0.110. The van der Waals surface area contributed by atoms with Crippen molar-refractivity contribution in [1.82, 2.24) is 0 Å². The quantitative estimate of drug-likeness (QED) is 0.740. The zero-order valence-corrected chi connectivity index (χ0v) is 10.5. The Morgan fingerprint density at radius 2 is 1.89 bits per heavy atom. The van der Waals surface area contributed by atoms with Gasteiger partial charge in [0.05, 0.1) is 0 Å². The summed E-state index contributed by atoms with van der Waals surface area (Å²) in [6, 6.07) is 6.90. The topological polar surface area (TPSA) is 17.1 Å². The molecule has 18 heavy (non-hydrogen) atoms. The lowest BCUT2D eigenvalue weighted by molar-refractivity contribution is 0.0979. The first-order valence-corrected chi connectivity index (χ1v) is 6.55. The van der Waals surface area contributed by atoms with Gasteiger partial charge in [0.25, 0.3) is 0 Å². The maximum Gasteiger partial charge on any atom is 0.163 e. The molecule has 0 saturated heterocycles. The van der Waals surface area contributed by atoms with Gasteiger partial charge in [-0.05, 0) is 36.4 Å². The molecule has 0 aliphatic heterocycles. The number of carbonyl (C=O) groups excluding carboxylic acids is 1. The third kappa shape index (κ3) is 3.47. The van der Waals surface area contributed by atoms with Gasteiger partial charge in [-0.1, -0.05) is 6.07 Å². The van der Waals surface area contributed by atoms with E-state index in [1.807, 2.05) is 17.5 Å². The van der Waals surface area contributed by atoms with E-state index in [9.17, 15) is 13.6 Å². The van der Waals surface area contributed by atoms with E-state index < -0.39 is 11.6 Å². The van der Waals surface area contributed by atoms with Crippen molar-refractivity contribution in [2.45, 2.75) is 19.3 Å². The molecule has 1 nitrogen and oxygen atoms in total. The van der Waals surface area contributed by atoms with Crippen LogP contribution in [0.1, 0.15) is 28.1 Å². The Kier molecular flexibility index (Phi) is 4.20. The monoisotopic (exact) mass is 266 g/mol. The number of thiophene rings is 1. The van der Waals surface area contributed by atoms with E-state index in [0.29, 0.717) is 12.8 Å². The normalized spacial score (nSPS) is 10.6. The fraction of sp³-hybridized carbons (Fsp3) is 0.214. The number of Topliss-reactive ketones (excluding diaryl/α,β-unsaturated/α-hetero) is 1. The fourth-order valence-corrected chi connectivity index (χ4v) is 2.49. The number of aryl methyl sites for hydroxylation is 1. The number of benzene rings is 1. The van der Waals surface area contributed by atoms with Gasteiger partial charge >= 0.3 is 0 Å². The van der Waals surface area contributed by atoms with Gasteiger partial charge in [-0.3, -0.25) is 4.79 Å². The highest BCUT2D eigenvalue weighted by Gasteiger charge is 2.09. The predicted octanol–water partition coefficient (Wildman–Crippen LogP) is 4.23. The predicted molar refractivity (Wildman–Crippen MR) is 67.9 cm³/mol. The van der Waals surface area contributed by atoms with Crippen molar-refractivity contribution in [3.63, 3.8) is 0 Å². The van der Waals surface area contributed by atoms with E-state index in [0.717, 1.165) is 24.6 Å². The maximum atomic E-state index is 12.9. The highest BCUT2D eigenvalue weighted by molar-refractivity contribution is 7.09. The molecular weight excluding hydrogens is 254 g/mol. The molecule has 0 unspecified atom stereocenters. The molecule has 0 bridgehead atoms. The molecule has 1 heterocycles. The van der Waals surface area contributed by atoms with Crippen molar-refractivity contribution in [3.8, 4) is 0 Å². The minimum atomic E-state index is -0.711. The van der Waals surface area contributed by atoms with Gasteiger partial charge in [0.2, 0.25) is 0 Å². The minimum Gasteiger partial charge on any atom is -0.294 e. The van der Waals surface area contributed by atoms with Crippen LogP contribution in [0.2, 0.25) is 0 Å². The summed E-state index contributed by atoms with van der Waals surface area (Å²) in [6.07, 6.45) is 1.82. The average molecular weight is 266 g/mol. The van der Waals surface area contributed by atoms with Crippen LogP contribution in [-0.2, 0) is 6.42 Å². The first-order chi connectivity index (χ1) is 8.65. The van der Waals surface area contributed by atoms with E-state index in [-0.39, 0.29) is 11.3 Å².